The molecule has 0 saturated carbocycles. The van der Waals surface area contributed by atoms with Crippen molar-refractivity contribution in [3.63, 3.8) is 0 Å². The molecule has 0 radical (unpaired) electrons. The average Bonchev–Trinajstić information content (AvgIpc) is 3.17. The van der Waals surface area contributed by atoms with Crippen molar-refractivity contribution in [2.75, 3.05) is 11.6 Å². The molecule has 3 rings (SSSR count). The molecule has 10 N–H and O–H groups in total. The third-order valence-corrected chi connectivity index (χ3v) is 7.00. The molecule has 39 heavy (non-hydrogen) atoms. The lowest BCUT2D eigenvalue weighted by Crippen LogP contribution is -2.24. The van der Waals surface area contributed by atoms with Gasteiger partial charge in [-0.25, -0.2) is 13.4 Å². The van der Waals surface area contributed by atoms with E-state index in [9.17, 15) is 18.0 Å². The number of anilines is 1. The van der Waals surface area contributed by atoms with Gasteiger partial charge in [-0.15, -0.1) is 23.7 Å². The highest BCUT2D eigenvalue weighted by Crippen LogP contribution is 2.27. The van der Waals surface area contributed by atoms with Gasteiger partial charge in [-0.1, -0.05) is 24.3 Å². The van der Waals surface area contributed by atoms with Crippen LogP contribution >= 0.6 is 23.7 Å². The predicted molar refractivity (Wildman–Crippen MR) is 156 cm³/mol. The van der Waals surface area contributed by atoms with Gasteiger partial charge in [0.25, 0.3) is 5.91 Å². The van der Waals surface area contributed by atoms with Crippen LogP contribution in [0.2, 0.25) is 0 Å². The van der Waals surface area contributed by atoms with Crippen LogP contribution in [-0.2, 0) is 33.9 Å². The number of hydrogen-bond donors (Lipinski definition) is 6. The van der Waals surface area contributed by atoms with Crippen LogP contribution in [0.15, 0.2) is 58.4 Å². The van der Waals surface area contributed by atoms with Crippen LogP contribution in [0.25, 0.3) is 0 Å². The van der Waals surface area contributed by atoms with Gasteiger partial charge >= 0.3 is 0 Å². The number of hydrogen-bond acceptors (Lipinski definition) is 7. The van der Waals surface area contributed by atoms with Crippen molar-refractivity contribution < 1.29 is 18.0 Å². The molecule has 3 aromatic rings. The molecule has 0 aliphatic heterocycles. The highest BCUT2D eigenvalue weighted by atomic mass is 35.5. The Bertz CT molecular complexity index is 1430. The molecule has 0 spiro atoms. The zero-order valence-corrected chi connectivity index (χ0v) is 23.8. The van der Waals surface area contributed by atoms with Gasteiger partial charge in [-0.3, -0.25) is 15.0 Å². The smallest absolute Gasteiger partial charge is 0.280 e. The van der Waals surface area contributed by atoms with Crippen molar-refractivity contribution in [1.29, 1.82) is 5.41 Å². The summed E-state index contributed by atoms with van der Waals surface area (Å²) >= 11 is 1.40. The van der Waals surface area contributed by atoms with Crippen LogP contribution in [0.1, 0.15) is 39.0 Å². The van der Waals surface area contributed by atoms with E-state index in [4.69, 9.17) is 16.9 Å². The number of aromatic nitrogens is 1. The summed E-state index contributed by atoms with van der Waals surface area (Å²) in [7, 11) is -3.26. The van der Waals surface area contributed by atoms with E-state index in [1.807, 2.05) is 12.1 Å². The second-order valence-corrected chi connectivity index (χ2v) is 11.3. The lowest BCUT2D eigenvalue weighted by atomic mass is 10.0. The van der Waals surface area contributed by atoms with Crippen molar-refractivity contribution in [3.05, 3.63) is 75.8 Å². The summed E-state index contributed by atoms with van der Waals surface area (Å²) in [5, 5.41) is 9.31. The Kier molecular flexibility index (Phi) is 12.5. The highest BCUT2D eigenvalue weighted by Gasteiger charge is 2.14. The Morgan fingerprint density at radius 3 is 2.00 bits per heavy atom. The van der Waals surface area contributed by atoms with Gasteiger partial charge in [0.1, 0.15) is 0 Å². The van der Waals surface area contributed by atoms with E-state index < -0.39 is 15.7 Å². The maximum Gasteiger partial charge on any atom is 0.280 e. The largest absolute Gasteiger partial charge is 0.370 e. The topological polar surface area (TPSA) is 233 Å². The van der Waals surface area contributed by atoms with Crippen molar-refractivity contribution >= 4 is 62.4 Å². The van der Waals surface area contributed by atoms with Crippen molar-refractivity contribution in [3.8, 4) is 0 Å². The summed E-state index contributed by atoms with van der Waals surface area (Å²) in [5.41, 5.74) is 22.6. The average molecular weight is 595 g/mol. The van der Waals surface area contributed by atoms with E-state index in [1.54, 1.807) is 36.4 Å². The van der Waals surface area contributed by atoms with Crippen LogP contribution in [0.3, 0.4) is 0 Å². The van der Waals surface area contributed by atoms with Gasteiger partial charge in [-0.2, -0.15) is 4.99 Å². The number of rotatable bonds is 8. The number of aliphatic imine (C=N–C) groups is 1. The molecular weight excluding hydrogens is 564 g/mol. The molecule has 15 heteroatoms. The first-order valence-electron chi connectivity index (χ1n) is 11.1. The number of amides is 2. The summed E-state index contributed by atoms with van der Waals surface area (Å²) in [5.74, 6) is -1.33. The lowest BCUT2D eigenvalue weighted by molar-refractivity contribution is -0.114. The summed E-state index contributed by atoms with van der Waals surface area (Å²) in [4.78, 5) is 32.8. The molecule has 0 aliphatic rings. The Balaban J connectivity index is 0.00000142. The standard InChI is InChI=1S/C23H25N5O4S2.CH5N3.ClH/c1-14(29)26-23-27-19(12-7-15-3-8-17(9-4-15)21(30)28-22(24)25)20(33-23)13-16-5-10-18(11-6-16)34(2,31)32;2-1(3)4;/h3-6,8-11H,7,12-13H2,1-2H3,(H,26,27,29)(H4,24,25,28,30);(H5,2,3,4);1H. The first kappa shape index (κ1) is 33.0. The number of benzene rings is 2. The van der Waals surface area contributed by atoms with Crippen LogP contribution < -0.4 is 28.3 Å². The fraction of sp³-hybridized carbons (Fsp3) is 0.208. The first-order valence-corrected chi connectivity index (χ1v) is 13.8. The van der Waals surface area contributed by atoms with Crippen LogP contribution in [0.4, 0.5) is 5.13 Å². The summed E-state index contributed by atoms with van der Waals surface area (Å²) in [6.07, 6.45) is 3.02. The van der Waals surface area contributed by atoms with E-state index in [-0.39, 0.29) is 35.1 Å². The number of carbonyl (C=O) groups is 2. The minimum Gasteiger partial charge on any atom is -0.370 e. The summed E-state index contributed by atoms with van der Waals surface area (Å²) < 4.78 is 23.4. The predicted octanol–water partition coefficient (Wildman–Crippen LogP) is 1.55. The molecule has 1 heterocycles. The zero-order chi connectivity index (χ0) is 28.5. The maximum absolute atomic E-state index is 11.9. The van der Waals surface area contributed by atoms with E-state index in [0.29, 0.717) is 30.0 Å². The molecule has 0 atom stereocenters. The molecule has 12 nitrogen and oxygen atoms in total. The minimum absolute atomic E-state index is 0. The van der Waals surface area contributed by atoms with Gasteiger partial charge in [0, 0.05) is 30.0 Å². The zero-order valence-electron chi connectivity index (χ0n) is 21.3. The Morgan fingerprint density at radius 2 is 1.51 bits per heavy atom. The number of carbonyl (C=O) groups excluding carboxylic acids is 2. The second kappa shape index (κ2) is 14.8. The SMILES string of the molecule is CC(=O)Nc1nc(CCc2ccc(C(=O)N=C(N)N)cc2)c(Cc2ccc(S(C)(=O)=O)cc2)s1.Cl.N=C(N)N. The van der Waals surface area contributed by atoms with E-state index in [1.165, 1.54) is 24.5 Å². The molecular formula is C24H31ClN8O4S2. The van der Waals surface area contributed by atoms with Gasteiger partial charge in [0.05, 0.1) is 10.6 Å². The van der Waals surface area contributed by atoms with Gasteiger partial charge in [0.15, 0.2) is 26.9 Å². The Hall–Kier alpha value is -4.01. The van der Waals surface area contributed by atoms with Crippen molar-refractivity contribution in [2.45, 2.75) is 31.1 Å². The maximum atomic E-state index is 11.9. The first-order chi connectivity index (χ1) is 17.7. The van der Waals surface area contributed by atoms with Crippen molar-refractivity contribution in [2.24, 2.45) is 27.9 Å². The number of thiazole rings is 1. The molecule has 0 aliphatic carbocycles. The fourth-order valence-electron chi connectivity index (χ4n) is 3.22. The minimum atomic E-state index is -3.26. The summed E-state index contributed by atoms with van der Waals surface area (Å²) in [6.45, 7) is 1.43. The normalized spacial score (nSPS) is 10.3. The number of guanidine groups is 2. The van der Waals surface area contributed by atoms with Gasteiger partial charge in [-0.05, 0) is 48.2 Å². The molecule has 2 aromatic carbocycles. The van der Waals surface area contributed by atoms with Crippen molar-refractivity contribution in [1.82, 2.24) is 4.98 Å². The van der Waals surface area contributed by atoms with Gasteiger partial charge in [0.2, 0.25) is 5.91 Å². The molecule has 0 bridgehead atoms. The van der Waals surface area contributed by atoms with E-state index in [2.05, 4.69) is 26.8 Å². The third kappa shape index (κ3) is 11.5. The molecule has 0 unspecified atom stereocenters. The number of halogens is 1. The van der Waals surface area contributed by atoms with Gasteiger partial charge < -0.3 is 28.3 Å². The number of nitrogens with two attached hydrogens (primary N) is 4. The second-order valence-electron chi connectivity index (χ2n) is 8.16. The molecule has 2 amide bonds. The van der Waals surface area contributed by atoms with Crippen LogP contribution in [0, 0.1) is 5.41 Å². The monoisotopic (exact) mass is 594 g/mol. The number of aryl methyl sites for hydroxylation is 2. The Labute approximate surface area is 236 Å². The summed E-state index contributed by atoms with van der Waals surface area (Å²) in [6, 6.07) is 13.7. The molecule has 0 saturated heterocycles. The fourth-order valence-corrected chi connectivity index (χ4v) is 4.94. The van der Waals surface area contributed by atoms with E-state index in [0.717, 1.165) is 21.7 Å². The van der Waals surface area contributed by atoms with E-state index >= 15 is 0 Å². The molecule has 1 aromatic heterocycles. The lowest BCUT2D eigenvalue weighted by Gasteiger charge is -2.05. The third-order valence-electron chi connectivity index (χ3n) is 4.86. The quantitative estimate of drug-likeness (QED) is 0.164. The van der Waals surface area contributed by atoms with Crippen LogP contribution in [-0.4, -0.2) is 43.4 Å². The number of nitrogens with one attached hydrogen (secondary N) is 2. The molecule has 210 valence electrons. The Morgan fingerprint density at radius 1 is 0.974 bits per heavy atom. The number of nitrogens with zero attached hydrogens (tertiary/aromatic N) is 2. The van der Waals surface area contributed by atoms with Crippen LogP contribution in [0.5, 0.6) is 0 Å². The molecule has 0 fully saturated rings. The highest BCUT2D eigenvalue weighted by molar-refractivity contribution is 7.90. The number of sulfone groups is 1.